The lowest BCUT2D eigenvalue weighted by Gasteiger charge is -2.32. The second-order valence-electron chi connectivity index (χ2n) is 9.23. The van der Waals surface area contributed by atoms with Gasteiger partial charge in [-0.3, -0.25) is 13.9 Å². The fraction of sp³-hybridized carbons (Fsp3) is 0.333. The molecule has 3 aromatic rings. The topological polar surface area (TPSA) is 86.8 Å². The molecule has 2 amide bonds. The molecule has 0 aliphatic rings. The van der Waals surface area contributed by atoms with Gasteiger partial charge >= 0.3 is 0 Å². The van der Waals surface area contributed by atoms with Crippen LogP contribution in [0.1, 0.15) is 26.3 Å². The summed E-state index contributed by atoms with van der Waals surface area (Å²) in [6.07, 6.45) is 1.05. The highest BCUT2D eigenvalue weighted by atomic mass is 32.2. The lowest BCUT2D eigenvalue weighted by Crippen LogP contribution is -2.51. The average Bonchev–Trinajstić information content (AvgIpc) is 2.84. The van der Waals surface area contributed by atoms with Crippen molar-refractivity contribution < 1.29 is 22.4 Å². The van der Waals surface area contributed by atoms with Crippen LogP contribution in [-0.2, 0) is 26.2 Å². The summed E-state index contributed by atoms with van der Waals surface area (Å²) in [5, 5.41) is 4.35. The van der Waals surface area contributed by atoms with Crippen LogP contribution in [0.25, 0.3) is 10.8 Å². The highest BCUT2D eigenvalue weighted by molar-refractivity contribution is 7.92. The first-order valence-corrected chi connectivity index (χ1v) is 13.6. The third kappa shape index (κ3) is 6.81. The number of nitrogens with one attached hydrogen (secondary N) is 1. The van der Waals surface area contributed by atoms with Crippen LogP contribution in [0, 0.1) is 11.7 Å². The monoisotopic (exact) mass is 513 g/mol. The van der Waals surface area contributed by atoms with Crippen molar-refractivity contribution in [2.24, 2.45) is 5.92 Å². The first-order chi connectivity index (χ1) is 17.0. The normalized spacial score (nSPS) is 12.4. The number of amides is 2. The quantitative estimate of drug-likeness (QED) is 0.445. The molecule has 0 aliphatic carbocycles. The largest absolute Gasteiger partial charge is 0.354 e. The van der Waals surface area contributed by atoms with Gasteiger partial charge in [-0.25, -0.2) is 12.8 Å². The number of anilines is 1. The van der Waals surface area contributed by atoms with E-state index in [4.69, 9.17) is 0 Å². The molecule has 0 saturated carbocycles. The van der Waals surface area contributed by atoms with E-state index in [1.54, 1.807) is 31.2 Å². The number of carbonyl (C=O) groups is 2. The minimum atomic E-state index is -3.85. The SMILES string of the molecule is CC(C)CNC(=O)[C@@H](C)N(Cc1ccc(F)cc1)C(=O)CN(c1cccc2ccccc12)S(C)(=O)=O. The summed E-state index contributed by atoms with van der Waals surface area (Å²) >= 11 is 0. The highest BCUT2D eigenvalue weighted by Crippen LogP contribution is 2.28. The van der Waals surface area contributed by atoms with Gasteiger partial charge < -0.3 is 10.2 Å². The van der Waals surface area contributed by atoms with Crippen LogP contribution in [-0.4, -0.2) is 50.5 Å². The molecule has 0 unspecified atom stereocenters. The van der Waals surface area contributed by atoms with Gasteiger partial charge in [-0.1, -0.05) is 62.4 Å². The van der Waals surface area contributed by atoms with Gasteiger partial charge in [0.05, 0.1) is 11.9 Å². The van der Waals surface area contributed by atoms with E-state index in [0.717, 1.165) is 15.9 Å². The number of hydrogen-bond acceptors (Lipinski definition) is 4. The van der Waals surface area contributed by atoms with Crippen molar-refractivity contribution in [2.45, 2.75) is 33.4 Å². The third-order valence-electron chi connectivity index (χ3n) is 5.83. The Labute approximate surface area is 212 Å². The first kappa shape index (κ1) is 27.1. The number of nitrogens with zero attached hydrogens (tertiary/aromatic N) is 2. The van der Waals surface area contributed by atoms with Gasteiger partial charge in [0, 0.05) is 18.5 Å². The van der Waals surface area contributed by atoms with Gasteiger partial charge in [0.25, 0.3) is 0 Å². The molecule has 0 fully saturated rings. The van der Waals surface area contributed by atoms with E-state index in [9.17, 15) is 22.4 Å². The zero-order valence-electron chi connectivity index (χ0n) is 20.9. The van der Waals surface area contributed by atoms with E-state index >= 15 is 0 Å². The summed E-state index contributed by atoms with van der Waals surface area (Å²) in [7, 11) is -3.85. The number of rotatable bonds is 10. The van der Waals surface area contributed by atoms with E-state index in [0.29, 0.717) is 23.2 Å². The second kappa shape index (κ2) is 11.5. The molecule has 3 aromatic carbocycles. The molecule has 36 heavy (non-hydrogen) atoms. The summed E-state index contributed by atoms with van der Waals surface area (Å²) < 4.78 is 40.2. The predicted molar refractivity (Wildman–Crippen MR) is 140 cm³/mol. The molecule has 0 bridgehead atoms. The molecule has 7 nitrogen and oxygen atoms in total. The zero-order valence-corrected chi connectivity index (χ0v) is 21.8. The number of sulfonamides is 1. The molecular weight excluding hydrogens is 481 g/mol. The Kier molecular flexibility index (Phi) is 8.68. The molecule has 1 atom stereocenters. The van der Waals surface area contributed by atoms with E-state index in [-0.39, 0.29) is 18.4 Å². The Morgan fingerprint density at radius 2 is 1.58 bits per heavy atom. The van der Waals surface area contributed by atoms with Crippen LogP contribution in [0.4, 0.5) is 10.1 Å². The van der Waals surface area contributed by atoms with Crippen LogP contribution in [0.3, 0.4) is 0 Å². The Hall–Kier alpha value is -3.46. The zero-order chi connectivity index (χ0) is 26.5. The van der Waals surface area contributed by atoms with Crippen LogP contribution < -0.4 is 9.62 Å². The molecule has 192 valence electrons. The van der Waals surface area contributed by atoms with Gasteiger partial charge in [-0.15, -0.1) is 0 Å². The molecule has 3 rings (SSSR count). The summed E-state index contributed by atoms with van der Waals surface area (Å²) in [6.45, 7) is 5.48. The van der Waals surface area contributed by atoms with Crippen LogP contribution in [0.15, 0.2) is 66.7 Å². The Morgan fingerprint density at radius 1 is 0.944 bits per heavy atom. The molecule has 0 aliphatic heterocycles. The standard InChI is InChI=1S/C27H32FN3O4S/c1-19(2)16-29-27(33)20(3)30(17-21-12-14-23(28)15-13-21)26(32)18-31(36(4,34)35)25-11-7-9-22-8-5-6-10-24(22)25/h5-15,19-20H,16-18H2,1-4H3,(H,29,33)/t20-/m1/s1. The molecule has 0 aromatic heterocycles. The highest BCUT2D eigenvalue weighted by Gasteiger charge is 2.30. The number of carbonyl (C=O) groups excluding carboxylic acids is 2. The summed E-state index contributed by atoms with van der Waals surface area (Å²) in [5.74, 6) is -1.10. The molecular formula is C27H32FN3O4S. The number of halogens is 1. The minimum Gasteiger partial charge on any atom is -0.354 e. The van der Waals surface area contributed by atoms with Gasteiger partial charge in [-0.05, 0) is 42.0 Å². The maximum Gasteiger partial charge on any atom is 0.244 e. The summed E-state index contributed by atoms with van der Waals surface area (Å²) in [4.78, 5) is 27.8. The van der Waals surface area contributed by atoms with Crippen molar-refractivity contribution in [1.29, 1.82) is 0 Å². The molecule has 1 N–H and O–H groups in total. The van der Waals surface area contributed by atoms with E-state index in [2.05, 4.69) is 5.32 Å². The maximum atomic E-state index is 13.6. The lowest BCUT2D eigenvalue weighted by atomic mass is 10.1. The Balaban J connectivity index is 1.96. The van der Waals surface area contributed by atoms with Crippen molar-refractivity contribution in [1.82, 2.24) is 10.2 Å². The van der Waals surface area contributed by atoms with Gasteiger partial charge in [-0.2, -0.15) is 0 Å². The van der Waals surface area contributed by atoms with Crippen LogP contribution in [0.2, 0.25) is 0 Å². The lowest BCUT2D eigenvalue weighted by molar-refractivity contribution is -0.139. The second-order valence-corrected chi connectivity index (χ2v) is 11.1. The van der Waals surface area contributed by atoms with Gasteiger partial charge in [0.2, 0.25) is 21.8 Å². The smallest absolute Gasteiger partial charge is 0.244 e. The van der Waals surface area contributed by atoms with Gasteiger partial charge in [0.15, 0.2) is 0 Å². The fourth-order valence-corrected chi connectivity index (χ4v) is 4.70. The summed E-state index contributed by atoms with van der Waals surface area (Å²) in [6, 6.07) is 17.3. The molecule has 0 saturated heterocycles. The van der Waals surface area contributed by atoms with Crippen LogP contribution in [0.5, 0.6) is 0 Å². The van der Waals surface area contributed by atoms with E-state index in [1.165, 1.54) is 29.2 Å². The number of benzene rings is 3. The molecule has 0 heterocycles. The average molecular weight is 514 g/mol. The van der Waals surface area contributed by atoms with Crippen molar-refractivity contribution in [2.75, 3.05) is 23.7 Å². The Morgan fingerprint density at radius 3 is 2.22 bits per heavy atom. The van der Waals surface area contributed by atoms with Crippen molar-refractivity contribution in [3.05, 3.63) is 78.1 Å². The van der Waals surface area contributed by atoms with E-state index < -0.39 is 34.3 Å². The van der Waals surface area contributed by atoms with E-state index in [1.807, 2.05) is 32.0 Å². The molecule has 0 radical (unpaired) electrons. The van der Waals surface area contributed by atoms with Crippen molar-refractivity contribution in [3.8, 4) is 0 Å². The van der Waals surface area contributed by atoms with Crippen molar-refractivity contribution in [3.63, 3.8) is 0 Å². The summed E-state index contributed by atoms with van der Waals surface area (Å²) in [5.41, 5.74) is 0.993. The maximum absolute atomic E-state index is 13.6. The van der Waals surface area contributed by atoms with Crippen molar-refractivity contribution >= 4 is 38.3 Å². The third-order valence-corrected chi connectivity index (χ3v) is 6.96. The van der Waals surface area contributed by atoms with Gasteiger partial charge in [0.1, 0.15) is 18.4 Å². The molecule has 9 heteroatoms. The molecule has 0 spiro atoms. The predicted octanol–water partition coefficient (Wildman–Crippen LogP) is 3.93. The van der Waals surface area contributed by atoms with Crippen LogP contribution >= 0.6 is 0 Å². The number of fused-ring (bicyclic) bond motifs is 1. The Bertz CT molecular complexity index is 1320. The first-order valence-electron chi connectivity index (χ1n) is 11.7. The number of hydrogen-bond donors (Lipinski definition) is 1. The minimum absolute atomic E-state index is 0.0164. The fourth-order valence-electron chi connectivity index (χ4n) is 3.84.